The Labute approximate surface area is 111 Å². The van der Waals surface area contributed by atoms with Crippen LogP contribution in [0.1, 0.15) is 5.56 Å². The van der Waals surface area contributed by atoms with Crippen molar-refractivity contribution in [2.75, 3.05) is 26.7 Å². The summed E-state index contributed by atoms with van der Waals surface area (Å²) in [5.74, 6) is 0.630. The molecule has 18 heavy (non-hydrogen) atoms. The third-order valence-corrected chi connectivity index (χ3v) is 2.55. The Morgan fingerprint density at radius 2 is 2.22 bits per heavy atom. The van der Waals surface area contributed by atoms with E-state index in [1.54, 1.807) is 31.3 Å². The van der Waals surface area contributed by atoms with Crippen molar-refractivity contribution in [3.8, 4) is 5.75 Å². The molecular formula is C12H16F2N2OS. The van der Waals surface area contributed by atoms with E-state index in [0.29, 0.717) is 23.9 Å². The van der Waals surface area contributed by atoms with Gasteiger partial charge in [0, 0.05) is 12.1 Å². The van der Waals surface area contributed by atoms with Crippen molar-refractivity contribution in [3.05, 3.63) is 29.8 Å². The van der Waals surface area contributed by atoms with Crippen molar-refractivity contribution >= 4 is 17.2 Å². The predicted octanol–water partition coefficient (Wildman–Crippen LogP) is 1.90. The lowest BCUT2D eigenvalue weighted by Gasteiger charge is -2.16. The Kier molecular flexibility index (Phi) is 5.94. The molecule has 1 aromatic rings. The van der Waals surface area contributed by atoms with Crippen LogP contribution in [0.3, 0.4) is 0 Å². The first-order chi connectivity index (χ1) is 8.49. The molecule has 0 spiro atoms. The molecule has 0 radical (unpaired) electrons. The topological polar surface area (TPSA) is 38.5 Å². The molecule has 0 saturated heterocycles. The fourth-order valence-electron chi connectivity index (χ4n) is 1.39. The first-order valence-electron chi connectivity index (χ1n) is 5.48. The van der Waals surface area contributed by atoms with Gasteiger partial charge >= 0.3 is 0 Å². The first-order valence-corrected chi connectivity index (χ1v) is 5.89. The fraction of sp³-hybridized carbons (Fsp3) is 0.417. The van der Waals surface area contributed by atoms with E-state index in [1.165, 1.54) is 4.90 Å². The number of nitrogens with zero attached hydrogens (tertiary/aromatic N) is 1. The average molecular weight is 274 g/mol. The Bertz CT molecular complexity index is 401. The highest BCUT2D eigenvalue weighted by molar-refractivity contribution is 7.80. The van der Waals surface area contributed by atoms with Crippen LogP contribution < -0.4 is 10.5 Å². The summed E-state index contributed by atoms with van der Waals surface area (Å²) in [5.41, 5.74) is 6.22. The van der Waals surface area contributed by atoms with Crippen molar-refractivity contribution < 1.29 is 13.5 Å². The summed E-state index contributed by atoms with van der Waals surface area (Å²) in [7, 11) is 1.63. The Morgan fingerprint density at radius 3 is 2.83 bits per heavy atom. The maximum Gasteiger partial charge on any atom is 0.251 e. The third-order valence-electron chi connectivity index (χ3n) is 2.31. The summed E-state index contributed by atoms with van der Waals surface area (Å²) in [6.45, 7) is 0.516. The molecular weight excluding hydrogens is 258 g/mol. The van der Waals surface area contributed by atoms with Gasteiger partial charge in [0.25, 0.3) is 6.43 Å². The highest BCUT2D eigenvalue weighted by atomic mass is 32.1. The van der Waals surface area contributed by atoms with E-state index in [2.05, 4.69) is 0 Å². The molecule has 0 aliphatic carbocycles. The molecule has 0 unspecified atom stereocenters. The lowest BCUT2D eigenvalue weighted by Crippen LogP contribution is -2.29. The summed E-state index contributed by atoms with van der Waals surface area (Å²) in [6.07, 6.45) is -2.33. The number of halogens is 2. The smallest absolute Gasteiger partial charge is 0.251 e. The normalized spacial score (nSPS) is 10.9. The Morgan fingerprint density at radius 1 is 1.50 bits per heavy atom. The van der Waals surface area contributed by atoms with E-state index in [0.717, 1.165) is 5.56 Å². The van der Waals surface area contributed by atoms with Crippen LogP contribution in [0.15, 0.2) is 24.3 Å². The molecule has 0 amide bonds. The van der Waals surface area contributed by atoms with Crippen molar-refractivity contribution in [2.45, 2.75) is 6.43 Å². The molecule has 6 heteroatoms. The van der Waals surface area contributed by atoms with Gasteiger partial charge in [0.2, 0.25) is 0 Å². The number of hydrogen-bond acceptors (Lipinski definition) is 3. The Hall–Kier alpha value is -1.27. The summed E-state index contributed by atoms with van der Waals surface area (Å²) in [5, 5.41) is 0. The maximum atomic E-state index is 12.1. The van der Waals surface area contributed by atoms with Gasteiger partial charge in [-0.25, -0.2) is 8.78 Å². The van der Waals surface area contributed by atoms with Crippen LogP contribution in [-0.4, -0.2) is 43.1 Å². The monoisotopic (exact) mass is 274 g/mol. The molecule has 0 saturated carbocycles. The van der Waals surface area contributed by atoms with Crippen LogP contribution in [-0.2, 0) is 0 Å². The van der Waals surface area contributed by atoms with E-state index in [9.17, 15) is 8.78 Å². The Balaban J connectivity index is 2.39. The second-order valence-corrected chi connectivity index (χ2v) is 4.33. The zero-order chi connectivity index (χ0) is 13.5. The number of rotatable bonds is 7. The van der Waals surface area contributed by atoms with Crippen LogP contribution in [0.5, 0.6) is 5.75 Å². The van der Waals surface area contributed by atoms with Crippen molar-refractivity contribution in [2.24, 2.45) is 5.73 Å². The number of alkyl halides is 2. The fourth-order valence-corrected chi connectivity index (χ4v) is 1.51. The molecule has 0 aliphatic rings. The molecule has 1 rings (SSSR count). The highest BCUT2D eigenvalue weighted by Crippen LogP contribution is 2.13. The lowest BCUT2D eigenvalue weighted by molar-refractivity contribution is 0.0935. The number of ether oxygens (including phenoxy) is 1. The van der Waals surface area contributed by atoms with Crippen LogP contribution >= 0.6 is 12.2 Å². The van der Waals surface area contributed by atoms with Gasteiger partial charge < -0.3 is 10.5 Å². The molecule has 0 aromatic heterocycles. The molecule has 100 valence electrons. The lowest BCUT2D eigenvalue weighted by atomic mass is 10.2. The van der Waals surface area contributed by atoms with Gasteiger partial charge in [0.05, 0.1) is 6.54 Å². The number of likely N-dealkylation sites (N-methyl/N-ethyl adjacent to an activating group) is 1. The van der Waals surface area contributed by atoms with Gasteiger partial charge in [-0.3, -0.25) is 4.90 Å². The SMILES string of the molecule is CN(CCOc1cccc(C(N)=S)c1)CC(F)F. The number of hydrogen-bond donors (Lipinski definition) is 1. The zero-order valence-corrected chi connectivity index (χ0v) is 10.9. The molecule has 2 N–H and O–H groups in total. The molecule has 0 bridgehead atoms. The van der Waals surface area contributed by atoms with Gasteiger partial charge in [0.15, 0.2) is 0 Å². The second kappa shape index (κ2) is 7.23. The molecule has 1 aromatic carbocycles. The van der Waals surface area contributed by atoms with Crippen molar-refractivity contribution in [1.82, 2.24) is 4.90 Å². The largest absolute Gasteiger partial charge is 0.492 e. The predicted molar refractivity (Wildman–Crippen MR) is 71.3 cm³/mol. The first kappa shape index (κ1) is 14.8. The minimum atomic E-state index is -2.33. The molecule has 0 atom stereocenters. The summed E-state index contributed by atoms with van der Waals surface area (Å²) >= 11 is 4.85. The average Bonchev–Trinajstić information content (AvgIpc) is 2.28. The van der Waals surface area contributed by atoms with E-state index in [1.807, 2.05) is 0 Å². The summed E-state index contributed by atoms with van der Waals surface area (Å²) in [6, 6.07) is 7.08. The van der Waals surface area contributed by atoms with Gasteiger partial charge in [-0.1, -0.05) is 24.4 Å². The van der Waals surface area contributed by atoms with E-state index >= 15 is 0 Å². The molecule has 3 nitrogen and oxygen atoms in total. The van der Waals surface area contributed by atoms with Crippen molar-refractivity contribution in [1.29, 1.82) is 0 Å². The van der Waals surface area contributed by atoms with Crippen LogP contribution in [0, 0.1) is 0 Å². The van der Waals surface area contributed by atoms with Crippen LogP contribution in [0.2, 0.25) is 0 Å². The van der Waals surface area contributed by atoms with Gasteiger partial charge in [-0.05, 0) is 19.2 Å². The van der Waals surface area contributed by atoms with Gasteiger partial charge in [-0.2, -0.15) is 0 Å². The third kappa shape index (κ3) is 5.37. The van der Waals surface area contributed by atoms with E-state index in [4.69, 9.17) is 22.7 Å². The van der Waals surface area contributed by atoms with Crippen molar-refractivity contribution in [3.63, 3.8) is 0 Å². The van der Waals surface area contributed by atoms with Crippen LogP contribution in [0.4, 0.5) is 8.78 Å². The number of benzene rings is 1. The second-order valence-electron chi connectivity index (χ2n) is 3.89. The minimum absolute atomic E-state index is 0.254. The van der Waals surface area contributed by atoms with Gasteiger partial charge in [-0.15, -0.1) is 0 Å². The standard InChI is InChI=1S/C12H16F2N2OS/c1-16(8-11(13)14)5-6-17-10-4-2-3-9(7-10)12(15)18/h2-4,7,11H,5-6,8H2,1H3,(H2,15,18). The summed E-state index contributed by atoms with van der Waals surface area (Å²) < 4.78 is 29.6. The van der Waals surface area contributed by atoms with Crippen LogP contribution in [0.25, 0.3) is 0 Å². The molecule has 0 fully saturated rings. The van der Waals surface area contributed by atoms with E-state index in [-0.39, 0.29) is 6.54 Å². The summed E-state index contributed by atoms with van der Waals surface area (Å²) in [4.78, 5) is 1.82. The molecule has 0 aliphatic heterocycles. The highest BCUT2D eigenvalue weighted by Gasteiger charge is 2.07. The number of nitrogens with two attached hydrogens (primary N) is 1. The molecule has 0 heterocycles. The quantitative estimate of drug-likeness (QED) is 0.771. The van der Waals surface area contributed by atoms with Gasteiger partial charge in [0.1, 0.15) is 17.3 Å². The number of thiocarbonyl (C=S) groups is 1. The minimum Gasteiger partial charge on any atom is -0.492 e. The maximum absolute atomic E-state index is 12.1. The zero-order valence-electron chi connectivity index (χ0n) is 10.1. The van der Waals surface area contributed by atoms with E-state index < -0.39 is 6.43 Å².